The van der Waals surface area contributed by atoms with Crippen molar-refractivity contribution in [3.63, 3.8) is 0 Å². The molecule has 0 aromatic heterocycles. The lowest BCUT2D eigenvalue weighted by Gasteiger charge is -2.09. The number of hydrogen-bond donors (Lipinski definition) is 1. The summed E-state index contributed by atoms with van der Waals surface area (Å²) in [4.78, 5) is 19.8. The molecule has 0 unspecified atom stereocenters. The van der Waals surface area contributed by atoms with Crippen LogP contribution in [-0.4, -0.2) is 22.8 Å². The van der Waals surface area contributed by atoms with Crippen molar-refractivity contribution in [1.29, 1.82) is 0 Å². The Morgan fingerprint density at radius 2 is 0.973 bits per heavy atom. The van der Waals surface area contributed by atoms with Crippen LogP contribution >= 0.6 is 0 Å². The van der Waals surface area contributed by atoms with Gasteiger partial charge in [0.2, 0.25) is 0 Å². The molecule has 2 N–H and O–H groups in total. The summed E-state index contributed by atoms with van der Waals surface area (Å²) in [6, 6.07) is 18.1. The first-order chi connectivity index (χ1) is 18.2. The predicted octanol–water partition coefficient (Wildman–Crippen LogP) is 6.22. The third-order valence-electron chi connectivity index (χ3n) is 6.52. The average molecular weight is 476 g/mol. The first-order valence-corrected chi connectivity index (χ1v) is 12.1. The Morgan fingerprint density at radius 1 is 0.459 bits per heavy atom. The van der Waals surface area contributed by atoms with Gasteiger partial charge in [0.25, 0.3) is 0 Å². The summed E-state index contributed by atoms with van der Waals surface area (Å²) in [7, 11) is 0. The van der Waals surface area contributed by atoms with Gasteiger partial charge in [-0.3, -0.25) is 0 Å². The van der Waals surface area contributed by atoms with E-state index in [2.05, 4.69) is 12.1 Å². The first kappa shape index (κ1) is 21.1. The number of allylic oxidation sites excluding steroid dienone is 12. The van der Waals surface area contributed by atoms with E-state index in [0.29, 0.717) is 0 Å². The van der Waals surface area contributed by atoms with E-state index in [9.17, 15) is 0 Å². The van der Waals surface area contributed by atoms with Gasteiger partial charge >= 0.3 is 0 Å². The zero-order chi connectivity index (χ0) is 24.8. The van der Waals surface area contributed by atoms with E-state index in [0.717, 1.165) is 73.6 Å². The molecule has 2 aromatic carbocycles. The summed E-state index contributed by atoms with van der Waals surface area (Å²) < 4.78 is 0. The van der Waals surface area contributed by atoms with Crippen LogP contribution in [0.15, 0.2) is 158 Å². The quantitative estimate of drug-likeness (QED) is 0.515. The molecule has 0 spiro atoms. The average Bonchev–Trinajstić information content (AvgIpc) is 3.72. The van der Waals surface area contributed by atoms with Crippen molar-refractivity contribution < 1.29 is 0 Å². The largest absolute Gasteiger partial charge is 0.399 e. The molecule has 5 heteroatoms. The van der Waals surface area contributed by atoms with Crippen molar-refractivity contribution in [3.8, 4) is 0 Å². The lowest BCUT2D eigenvalue weighted by molar-refractivity contribution is 1.41. The molecule has 0 amide bonds. The summed E-state index contributed by atoms with van der Waals surface area (Å²) in [5, 5.41) is 0. The number of nitrogens with two attached hydrogens (primary N) is 1. The molecule has 7 rings (SSSR count). The fourth-order valence-corrected chi connectivity index (χ4v) is 4.80. The zero-order valence-electron chi connectivity index (χ0n) is 19.8. The number of anilines is 1. The number of nitrogens with zero attached hydrogens (tertiary/aromatic N) is 4. The molecule has 174 valence electrons. The second-order valence-corrected chi connectivity index (χ2v) is 9.05. The van der Waals surface area contributed by atoms with Crippen LogP contribution in [0.5, 0.6) is 0 Å². The fourth-order valence-electron chi connectivity index (χ4n) is 4.80. The van der Waals surface area contributed by atoms with Gasteiger partial charge < -0.3 is 5.73 Å². The Labute approximate surface area is 214 Å². The van der Waals surface area contributed by atoms with Gasteiger partial charge in [-0.05, 0) is 84.0 Å². The van der Waals surface area contributed by atoms with Crippen LogP contribution < -0.4 is 5.73 Å². The molecule has 0 fully saturated rings. The third kappa shape index (κ3) is 3.93. The van der Waals surface area contributed by atoms with Crippen LogP contribution in [0, 0.1) is 0 Å². The highest BCUT2D eigenvalue weighted by atomic mass is 14.8. The maximum absolute atomic E-state index is 5.96. The minimum Gasteiger partial charge on any atom is -0.399 e. The highest BCUT2D eigenvalue weighted by Crippen LogP contribution is 2.32. The van der Waals surface area contributed by atoms with Crippen LogP contribution in [0.25, 0.3) is 11.1 Å². The van der Waals surface area contributed by atoms with Gasteiger partial charge in [-0.25, -0.2) is 20.0 Å². The molecule has 8 bridgehead atoms. The molecule has 5 aliphatic rings. The molecule has 2 aromatic rings. The van der Waals surface area contributed by atoms with Crippen LogP contribution in [0.3, 0.4) is 0 Å². The Kier molecular flexibility index (Phi) is 4.86. The number of fused-ring (bicyclic) bond motifs is 4. The van der Waals surface area contributed by atoms with Crippen molar-refractivity contribution in [2.75, 3.05) is 5.73 Å². The molecule has 5 heterocycles. The normalized spacial score (nSPS) is 19.2. The van der Waals surface area contributed by atoms with Gasteiger partial charge in [-0.15, -0.1) is 0 Å². The van der Waals surface area contributed by atoms with Crippen LogP contribution in [0.4, 0.5) is 5.69 Å². The second kappa shape index (κ2) is 8.50. The van der Waals surface area contributed by atoms with E-state index in [1.165, 1.54) is 0 Å². The van der Waals surface area contributed by atoms with E-state index in [-0.39, 0.29) is 0 Å². The lowest BCUT2D eigenvalue weighted by atomic mass is 9.98. The van der Waals surface area contributed by atoms with E-state index in [1.807, 2.05) is 103 Å². The maximum atomic E-state index is 5.96. The molecule has 0 radical (unpaired) electrons. The van der Waals surface area contributed by atoms with Crippen molar-refractivity contribution in [3.05, 3.63) is 149 Å². The van der Waals surface area contributed by atoms with Gasteiger partial charge in [0, 0.05) is 16.8 Å². The molecular weight excluding hydrogens is 454 g/mol. The van der Waals surface area contributed by atoms with Crippen LogP contribution in [0.2, 0.25) is 0 Å². The minimum absolute atomic E-state index is 0.717. The number of hydrogen-bond acceptors (Lipinski definition) is 5. The van der Waals surface area contributed by atoms with Gasteiger partial charge in [0.05, 0.1) is 45.6 Å². The highest BCUT2D eigenvalue weighted by molar-refractivity contribution is 6.34. The van der Waals surface area contributed by atoms with E-state index in [1.54, 1.807) is 0 Å². The first-order valence-electron chi connectivity index (χ1n) is 12.1. The van der Waals surface area contributed by atoms with Gasteiger partial charge in [0.15, 0.2) is 0 Å². The van der Waals surface area contributed by atoms with Gasteiger partial charge in [-0.2, -0.15) is 0 Å². The maximum Gasteiger partial charge on any atom is 0.0737 e. The van der Waals surface area contributed by atoms with Crippen LogP contribution in [-0.2, 0) is 0 Å². The molecule has 5 nitrogen and oxygen atoms in total. The summed E-state index contributed by atoms with van der Waals surface area (Å²) >= 11 is 0. The summed E-state index contributed by atoms with van der Waals surface area (Å²) in [6.45, 7) is 0. The number of nitrogen functional groups attached to an aromatic ring is 1. The molecule has 5 aliphatic heterocycles. The lowest BCUT2D eigenvalue weighted by Crippen LogP contribution is -2.00. The summed E-state index contributed by atoms with van der Waals surface area (Å²) in [5.41, 5.74) is 17.6. The molecule has 0 saturated carbocycles. The molecule has 0 saturated heterocycles. The number of benzene rings is 2. The predicted molar refractivity (Wildman–Crippen MR) is 154 cm³/mol. The Hall–Kier alpha value is -5.16. The Morgan fingerprint density at radius 3 is 1.51 bits per heavy atom. The Bertz CT molecular complexity index is 1730. The fraction of sp³-hybridized carbons (Fsp3) is 0. The number of aliphatic imine (C=N–C) groups is 4. The highest BCUT2D eigenvalue weighted by Gasteiger charge is 2.21. The smallest absolute Gasteiger partial charge is 0.0737 e. The Balaban J connectivity index is 1.44. The van der Waals surface area contributed by atoms with Gasteiger partial charge in [0.1, 0.15) is 0 Å². The van der Waals surface area contributed by atoms with Gasteiger partial charge in [-0.1, -0.05) is 42.5 Å². The van der Waals surface area contributed by atoms with E-state index in [4.69, 9.17) is 25.7 Å². The number of rotatable bonds is 2. The topological polar surface area (TPSA) is 75.5 Å². The standard InChI is InChI=1S/C32H21N5/c33-22-8-6-21(7-9-22)32-29-16-12-25(36-29)18-23-10-14-27(34-23)31(20-4-2-1-3-5-20)28-15-11-24(35-28)19-26-13-17-30(32)37-26/h1-19H,33H2. The van der Waals surface area contributed by atoms with Crippen molar-refractivity contribution >= 4 is 39.7 Å². The second-order valence-electron chi connectivity index (χ2n) is 9.05. The van der Waals surface area contributed by atoms with E-state index < -0.39 is 0 Å². The van der Waals surface area contributed by atoms with Crippen molar-refractivity contribution in [1.82, 2.24) is 0 Å². The monoisotopic (exact) mass is 475 g/mol. The van der Waals surface area contributed by atoms with E-state index >= 15 is 0 Å². The SMILES string of the molecule is Nc1ccc(C2=C3C=CC(=N3)C=C3C=CC(=N3)C(c3ccccc3)=C3C=CC(=N3)C=C3C=CC2=N3)cc1. The zero-order valence-corrected chi connectivity index (χ0v) is 19.8. The molecular formula is C32H21N5. The summed E-state index contributed by atoms with van der Waals surface area (Å²) in [5.74, 6) is 0. The molecule has 37 heavy (non-hydrogen) atoms. The minimum atomic E-state index is 0.717. The third-order valence-corrected chi connectivity index (χ3v) is 6.52. The molecule has 0 atom stereocenters. The molecule has 0 aliphatic carbocycles. The summed E-state index contributed by atoms with van der Waals surface area (Å²) in [6.07, 6.45) is 20.2. The van der Waals surface area contributed by atoms with Crippen molar-refractivity contribution in [2.45, 2.75) is 0 Å². The van der Waals surface area contributed by atoms with Crippen molar-refractivity contribution in [2.24, 2.45) is 20.0 Å². The van der Waals surface area contributed by atoms with Crippen LogP contribution in [0.1, 0.15) is 11.1 Å².